The van der Waals surface area contributed by atoms with E-state index in [4.69, 9.17) is 21.1 Å². The predicted molar refractivity (Wildman–Crippen MR) is 104 cm³/mol. The van der Waals surface area contributed by atoms with Gasteiger partial charge in [-0.3, -0.25) is 14.4 Å². The number of hydrogen-bond donors (Lipinski definition) is 1. The molecule has 1 aromatic heterocycles. The van der Waals surface area contributed by atoms with Gasteiger partial charge in [0.05, 0.1) is 18.8 Å². The Morgan fingerprint density at radius 1 is 1.21 bits per heavy atom. The third kappa shape index (κ3) is 4.90. The van der Waals surface area contributed by atoms with Gasteiger partial charge in [-0.2, -0.15) is 0 Å². The van der Waals surface area contributed by atoms with E-state index >= 15 is 0 Å². The monoisotopic (exact) mass is 405 g/mol. The Hall–Kier alpha value is -2.84. The topological polar surface area (TPSA) is 89.9 Å². The van der Waals surface area contributed by atoms with Crippen molar-refractivity contribution in [1.82, 2.24) is 9.47 Å². The molecule has 0 spiro atoms. The largest absolute Gasteiger partial charge is 0.484 e. The van der Waals surface area contributed by atoms with Crippen molar-refractivity contribution in [3.63, 3.8) is 0 Å². The summed E-state index contributed by atoms with van der Waals surface area (Å²) in [4.78, 5) is 38.8. The van der Waals surface area contributed by atoms with Gasteiger partial charge in [0.25, 0.3) is 17.4 Å². The van der Waals surface area contributed by atoms with Crippen LogP contribution < -0.4 is 15.6 Å². The van der Waals surface area contributed by atoms with Gasteiger partial charge in [-0.1, -0.05) is 11.6 Å². The standard InChI is InChI=1S/C19H20ClN3O5/c1-22-11-13(18(25)23-6-8-27-9-7-23)10-16(19(22)26)21-17(24)12-28-15-4-2-14(20)3-5-15/h2-5,10-11H,6-9,12H2,1H3,(H,21,24). The van der Waals surface area contributed by atoms with Crippen molar-refractivity contribution in [2.45, 2.75) is 0 Å². The number of carbonyl (C=O) groups excluding carboxylic acids is 2. The summed E-state index contributed by atoms with van der Waals surface area (Å²) in [6.45, 7) is 1.63. The number of ether oxygens (including phenoxy) is 2. The number of hydrogen-bond acceptors (Lipinski definition) is 5. The zero-order valence-electron chi connectivity index (χ0n) is 15.3. The summed E-state index contributed by atoms with van der Waals surface area (Å²) in [5, 5.41) is 3.07. The van der Waals surface area contributed by atoms with Crippen molar-refractivity contribution in [2.24, 2.45) is 7.05 Å². The number of benzene rings is 1. The van der Waals surface area contributed by atoms with Gasteiger partial charge in [-0.25, -0.2) is 0 Å². The number of aryl methyl sites for hydroxylation is 1. The summed E-state index contributed by atoms with van der Waals surface area (Å²) < 4.78 is 11.9. The number of halogens is 1. The molecular formula is C19H20ClN3O5. The van der Waals surface area contributed by atoms with E-state index < -0.39 is 11.5 Å². The first-order chi connectivity index (χ1) is 13.4. The second-order valence-corrected chi connectivity index (χ2v) is 6.69. The molecule has 0 radical (unpaired) electrons. The maximum Gasteiger partial charge on any atom is 0.274 e. The van der Waals surface area contributed by atoms with Crippen molar-refractivity contribution in [3.05, 3.63) is 57.5 Å². The molecule has 0 bridgehead atoms. The van der Waals surface area contributed by atoms with Gasteiger partial charge >= 0.3 is 0 Å². The summed E-state index contributed by atoms with van der Waals surface area (Å²) in [5.74, 6) is -0.251. The van der Waals surface area contributed by atoms with Crippen LogP contribution in [0.3, 0.4) is 0 Å². The fourth-order valence-corrected chi connectivity index (χ4v) is 2.86. The van der Waals surface area contributed by atoms with Gasteiger partial charge in [0.2, 0.25) is 0 Å². The number of aromatic nitrogens is 1. The summed E-state index contributed by atoms with van der Waals surface area (Å²) in [6, 6.07) is 7.95. The fraction of sp³-hybridized carbons (Fsp3) is 0.316. The average Bonchev–Trinajstić information content (AvgIpc) is 2.71. The summed E-state index contributed by atoms with van der Waals surface area (Å²) in [7, 11) is 1.53. The number of pyridine rings is 1. The van der Waals surface area contributed by atoms with Gasteiger partial charge in [-0.15, -0.1) is 0 Å². The molecule has 2 heterocycles. The number of nitrogens with zero attached hydrogens (tertiary/aromatic N) is 2. The van der Waals surface area contributed by atoms with Crippen LogP contribution in [0.5, 0.6) is 5.75 Å². The maximum atomic E-state index is 12.6. The van der Waals surface area contributed by atoms with E-state index in [1.807, 2.05) is 0 Å². The smallest absolute Gasteiger partial charge is 0.274 e. The number of nitrogens with one attached hydrogen (secondary N) is 1. The van der Waals surface area contributed by atoms with Gasteiger partial charge in [0.1, 0.15) is 11.4 Å². The number of rotatable bonds is 5. The molecule has 2 amide bonds. The Labute approximate surface area is 166 Å². The van der Waals surface area contributed by atoms with E-state index in [9.17, 15) is 14.4 Å². The van der Waals surface area contributed by atoms with Crippen LogP contribution in [0.4, 0.5) is 5.69 Å². The van der Waals surface area contributed by atoms with Crippen molar-refractivity contribution >= 4 is 29.1 Å². The summed E-state index contributed by atoms with van der Waals surface area (Å²) >= 11 is 5.80. The predicted octanol–water partition coefficient (Wildman–Crippen LogP) is 1.53. The lowest BCUT2D eigenvalue weighted by molar-refractivity contribution is -0.118. The van der Waals surface area contributed by atoms with Crippen LogP contribution in [0.1, 0.15) is 10.4 Å². The number of amides is 2. The number of anilines is 1. The minimum absolute atomic E-state index is 0.0197. The zero-order chi connectivity index (χ0) is 20.1. The normalized spacial score (nSPS) is 13.9. The first kappa shape index (κ1) is 19.9. The highest BCUT2D eigenvalue weighted by atomic mass is 35.5. The van der Waals surface area contributed by atoms with E-state index in [0.29, 0.717) is 42.6 Å². The number of morpholine rings is 1. The molecule has 3 rings (SSSR count). The molecular weight excluding hydrogens is 386 g/mol. The molecule has 148 valence electrons. The molecule has 1 N–H and O–H groups in total. The Bertz CT molecular complexity index is 920. The maximum absolute atomic E-state index is 12.6. The van der Waals surface area contributed by atoms with E-state index in [2.05, 4.69) is 5.32 Å². The van der Waals surface area contributed by atoms with Crippen LogP contribution in [-0.2, 0) is 16.6 Å². The molecule has 2 aromatic rings. The average molecular weight is 406 g/mol. The highest BCUT2D eigenvalue weighted by Crippen LogP contribution is 2.15. The van der Waals surface area contributed by atoms with Crippen molar-refractivity contribution in [1.29, 1.82) is 0 Å². The molecule has 1 aromatic carbocycles. The van der Waals surface area contributed by atoms with Gasteiger partial charge in [0.15, 0.2) is 6.61 Å². The Balaban J connectivity index is 1.69. The number of carbonyl (C=O) groups is 2. The summed E-state index contributed by atoms with van der Waals surface area (Å²) in [6.07, 6.45) is 1.46. The first-order valence-electron chi connectivity index (χ1n) is 8.70. The lowest BCUT2D eigenvalue weighted by Crippen LogP contribution is -2.41. The first-order valence-corrected chi connectivity index (χ1v) is 9.08. The van der Waals surface area contributed by atoms with Crippen LogP contribution in [-0.4, -0.2) is 54.2 Å². The van der Waals surface area contributed by atoms with Crippen molar-refractivity contribution in [2.75, 3.05) is 38.2 Å². The van der Waals surface area contributed by atoms with Crippen molar-refractivity contribution < 1.29 is 19.1 Å². The Morgan fingerprint density at radius 2 is 1.89 bits per heavy atom. The van der Waals surface area contributed by atoms with Gasteiger partial charge in [0, 0.05) is 31.4 Å². The third-order valence-corrected chi connectivity index (χ3v) is 4.44. The molecule has 28 heavy (non-hydrogen) atoms. The van der Waals surface area contributed by atoms with E-state index in [1.54, 1.807) is 29.2 Å². The molecule has 1 aliphatic heterocycles. The molecule has 8 nitrogen and oxygen atoms in total. The minimum Gasteiger partial charge on any atom is -0.484 e. The van der Waals surface area contributed by atoms with Crippen LogP contribution in [0.15, 0.2) is 41.3 Å². The molecule has 9 heteroatoms. The highest BCUT2D eigenvalue weighted by molar-refractivity contribution is 6.30. The van der Waals surface area contributed by atoms with Crippen LogP contribution in [0, 0.1) is 0 Å². The molecule has 1 aliphatic rings. The van der Waals surface area contributed by atoms with E-state index in [0.717, 1.165) is 0 Å². The van der Waals surface area contributed by atoms with Crippen molar-refractivity contribution in [3.8, 4) is 5.75 Å². The lowest BCUT2D eigenvalue weighted by Gasteiger charge is -2.27. The molecule has 0 saturated carbocycles. The van der Waals surface area contributed by atoms with E-state index in [-0.39, 0.29) is 18.2 Å². The molecule has 0 atom stereocenters. The molecule has 0 aliphatic carbocycles. The molecule has 1 fully saturated rings. The highest BCUT2D eigenvalue weighted by Gasteiger charge is 2.20. The lowest BCUT2D eigenvalue weighted by atomic mass is 10.2. The SMILES string of the molecule is Cn1cc(C(=O)N2CCOCC2)cc(NC(=O)COc2ccc(Cl)cc2)c1=O. The molecule has 1 saturated heterocycles. The fourth-order valence-electron chi connectivity index (χ4n) is 2.73. The summed E-state index contributed by atoms with van der Waals surface area (Å²) in [5.41, 5.74) is -0.0809. The molecule has 0 unspecified atom stereocenters. The van der Waals surface area contributed by atoms with Gasteiger partial charge in [-0.05, 0) is 30.3 Å². The van der Waals surface area contributed by atoms with E-state index in [1.165, 1.54) is 23.9 Å². The van der Waals surface area contributed by atoms with Crippen LogP contribution in [0.2, 0.25) is 5.02 Å². The second kappa shape index (κ2) is 8.90. The zero-order valence-corrected chi connectivity index (χ0v) is 16.1. The van der Waals surface area contributed by atoms with Gasteiger partial charge < -0.3 is 24.3 Å². The quantitative estimate of drug-likeness (QED) is 0.814. The van der Waals surface area contributed by atoms with Crippen LogP contribution in [0.25, 0.3) is 0 Å². The van der Waals surface area contributed by atoms with Crippen LogP contribution >= 0.6 is 11.6 Å². The Kier molecular flexibility index (Phi) is 6.33. The minimum atomic E-state index is -0.511. The third-order valence-electron chi connectivity index (χ3n) is 4.19. The second-order valence-electron chi connectivity index (χ2n) is 6.25. The Morgan fingerprint density at radius 3 is 2.57 bits per heavy atom.